The van der Waals surface area contributed by atoms with Gasteiger partial charge in [-0.2, -0.15) is 5.26 Å². The minimum absolute atomic E-state index is 0.315. The Morgan fingerprint density at radius 2 is 2.24 bits per heavy atom. The molecule has 0 spiro atoms. The van der Waals surface area contributed by atoms with E-state index >= 15 is 0 Å². The standard InChI is InChI=1S/C13H15FN2O/c1-2-3-4-7-16(10-17)13-8-12(14)6-5-11(13)9-15/h5-6,8,10H,2-4,7H2,1H3. The molecule has 0 aliphatic heterocycles. The van der Waals surface area contributed by atoms with E-state index in [2.05, 4.69) is 6.92 Å². The van der Waals surface area contributed by atoms with Crippen LogP contribution in [0, 0.1) is 17.1 Å². The molecule has 0 fully saturated rings. The van der Waals surface area contributed by atoms with Gasteiger partial charge >= 0.3 is 0 Å². The Morgan fingerprint density at radius 1 is 1.47 bits per heavy atom. The minimum atomic E-state index is -0.443. The van der Waals surface area contributed by atoms with Crippen molar-refractivity contribution in [3.05, 3.63) is 29.6 Å². The molecule has 1 aromatic rings. The van der Waals surface area contributed by atoms with Crippen LogP contribution < -0.4 is 4.90 Å². The summed E-state index contributed by atoms with van der Waals surface area (Å²) in [6.45, 7) is 2.57. The summed E-state index contributed by atoms with van der Waals surface area (Å²) >= 11 is 0. The zero-order valence-electron chi connectivity index (χ0n) is 9.82. The minimum Gasteiger partial charge on any atom is -0.314 e. The predicted octanol–water partition coefficient (Wildman–Crippen LogP) is 2.85. The van der Waals surface area contributed by atoms with Crippen molar-refractivity contribution in [2.75, 3.05) is 11.4 Å². The van der Waals surface area contributed by atoms with Gasteiger partial charge in [0, 0.05) is 6.54 Å². The van der Waals surface area contributed by atoms with Gasteiger partial charge in [-0.05, 0) is 24.6 Å². The van der Waals surface area contributed by atoms with E-state index in [1.165, 1.54) is 23.1 Å². The van der Waals surface area contributed by atoms with Crippen LogP contribution in [-0.4, -0.2) is 13.0 Å². The topological polar surface area (TPSA) is 44.1 Å². The van der Waals surface area contributed by atoms with Crippen LogP contribution in [0.2, 0.25) is 0 Å². The molecule has 0 N–H and O–H groups in total. The molecule has 3 nitrogen and oxygen atoms in total. The Kier molecular flexibility index (Phi) is 5.15. The number of carbonyl (C=O) groups is 1. The van der Waals surface area contributed by atoms with Gasteiger partial charge < -0.3 is 4.90 Å². The summed E-state index contributed by atoms with van der Waals surface area (Å²) in [7, 11) is 0. The first-order valence-electron chi connectivity index (χ1n) is 5.64. The number of nitriles is 1. The summed E-state index contributed by atoms with van der Waals surface area (Å²) in [5.41, 5.74) is 0.661. The first-order valence-corrected chi connectivity index (χ1v) is 5.64. The van der Waals surface area contributed by atoms with Crippen molar-refractivity contribution in [1.29, 1.82) is 5.26 Å². The van der Waals surface area contributed by atoms with Crippen molar-refractivity contribution in [3.8, 4) is 6.07 Å². The van der Waals surface area contributed by atoms with Crippen LogP contribution in [0.4, 0.5) is 10.1 Å². The molecule has 0 saturated heterocycles. The number of halogens is 1. The molecule has 1 amide bonds. The Bertz CT molecular complexity index is 426. The Hall–Kier alpha value is -1.89. The average Bonchev–Trinajstić information content (AvgIpc) is 2.35. The monoisotopic (exact) mass is 234 g/mol. The first kappa shape index (κ1) is 13.2. The lowest BCUT2D eigenvalue weighted by molar-refractivity contribution is -0.107. The summed E-state index contributed by atoms with van der Waals surface area (Å²) in [4.78, 5) is 12.4. The number of nitrogens with zero attached hydrogens (tertiary/aromatic N) is 2. The van der Waals surface area contributed by atoms with Crippen LogP contribution >= 0.6 is 0 Å². The van der Waals surface area contributed by atoms with Gasteiger partial charge in [0.1, 0.15) is 11.9 Å². The third-order valence-electron chi connectivity index (χ3n) is 2.52. The number of anilines is 1. The molecule has 4 heteroatoms. The number of hydrogen-bond acceptors (Lipinski definition) is 2. The normalized spacial score (nSPS) is 9.71. The lowest BCUT2D eigenvalue weighted by Crippen LogP contribution is -2.23. The van der Waals surface area contributed by atoms with Gasteiger partial charge in [0.15, 0.2) is 0 Å². The van der Waals surface area contributed by atoms with Gasteiger partial charge in [0.05, 0.1) is 11.3 Å². The lowest BCUT2D eigenvalue weighted by Gasteiger charge is -2.18. The van der Waals surface area contributed by atoms with Gasteiger partial charge in [0.25, 0.3) is 0 Å². The van der Waals surface area contributed by atoms with E-state index in [0.29, 0.717) is 24.2 Å². The number of rotatable bonds is 6. The van der Waals surface area contributed by atoms with E-state index in [1.54, 1.807) is 0 Å². The maximum atomic E-state index is 13.1. The van der Waals surface area contributed by atoms with Crippen molar-refractivity contribution in [2.45, 2.75) is 26.2 Å². The predicted molar refractivity (Wildman–Crippen MR) is 64.1 cm³/mol. The quantitative estimate of drug-likeness (QED) is 0.561. The van der Waals surface area contributed by atoms with Crippen LogP contribution in [0.5, 0.6) is 0 Å². The van der Waals surface area contributed by atoms with Crippen molar-refractivity contribution in [2.24, 2.45) is 0 Å². The summed E-state index contributed by atoms with van der Waals surface area (Å²) in [6, 6.07) is 5.79. The molecule has 90 valence electrons. The van der Waals surface area contributed by atoms with Gasteiger partial charge in [-0.25, -0.2) is 4.39 Å². The number of amides is 1. The molecule has 0 unspecified atom stereocenters. The number of benzene rings is 1. The molecule has 17 heavy (non-hydrogen) atoms. The molecule has 0 saturated carbocycles. The summed E-state index contributed by atoms with van der Waals surface area (Å²) in [5.74, 6) is -0.443. The Balaban J connectivity index is 2.90. The molecule has 0 heterocycles. The van der Waals surface area contributed by atoms with Crippen LogP contribution in [0.15, 0.2) is 18.2 Å². The van der Waals surface area contributed by atoms with Gasteiger partial charge in [-0.3, -0.25) is 4.79 Å². The first-order chi connectivity index (χ1) is 8.22. The molecule has 1 aromatic carbocycles. The van der Waals surface area contributed by atoms with Crippen molar-refractivity contribution < 1.29 is 9.18 Å². The zero-order valence-corrected chi connectivity index (χ0v) is 9.82. The van der Waals surface area contributed by atoms with Gasteiger partial charge in [0.2, 0.25) is 6.41 Å². The highest BCUT2D eigenvalue weighted by Gasteiger charge is 2.11. The fourth-order valence-electron chi connectivity index (χ4n) is 1.60. The molecule has 0 radical (unpaired) electrons. The molecule has 0 aliphatic rings. The van der Waals surface area contributed by atoms with Crippen molar-refractivity contribution in [3.63, 3.8) is 0 Å². The van der Waals surface area contributed by atoms with E-state index in [-0.39, 0.29) is 0 Å². The maximum absolute atomic E-state index is 13.1. The van der Waals surface area contributed by atoms with Crippen molar-refractivity contribution in [1.82, 2.24) is 0 Å². The molecule has 0 aromatic heterocycles. The lowest BCUT2D eigenvalue weighted by atomic mass is 10.1. The third kappa shape index (κ3) is 3.56. The second-order valence-corrected chi connectivity index (χ2v) is 3.78. The molecule has 0 bridgehead atoms. The third-order valence-corrected chi connectivity index (χ3v) is 2.52. The second kappa shape index (κ2) is 6.64. The van der Waals surface area contributed by atoms with E-state index in [0.717, 1.165) is 19.3 Å². The van der Waals surface area contributed by atoms with E-state index in [1.807, 2.05) is 6.07 Å². The van der Waals surface area contributed by atoms with Crippen LogP contribution in [0.1, 0.15) is 31.7 Å². The molecule has 1 rings (SSSR count). The summed E-state index contributed by atoms with van der Waals surface area (Å²) in [6.07, 6.45) is 3.53. The summed E-state index contributed by atoms with van der Waals surface area (Å²) in [5, 5.41) is 8.91. The average molecular weight is 234 g/mol. The fraction of sp³-hybridized carbons (Fsp3) is 0.385. The SMILES string of the molecule is CCCCCN(C=O)c1cc(F)ccc1C#N. The highest BCUT2D eigenvalue weighted by atomic mass is 19.1. The number of carbonyl (C=O) groups excluding carboxylic acids is 1. The Labute approximate surface area is 100 Å². The Morgan fingerprint density at radius 3 is 2.82 bits per heavy atom. The highest BCUT2D eigenvalue weighted by molar-refractivity contribution is 5.78. The molecular formula is C13H15FN2O. The maximum Gasteiger partial charge on any atom is 0.214 e. The number of unbranched alkanes of at least 4 members (excludes halogenated alkanes) is 2. The number of hydrogen-bond donors (Lipinski definition) is 0. The molecular weight excluding hydrogens is 219 g/mol. The molecule has 0 aliphatic carbocycles. The van der Waals surface area contributed by atoms with Gasteiger partial charge in [-0.1, -0.05) is 19.8 Å². The van der Waals surface area contributed by atoms with E-state index in [4.69, 9.17) is 5.26 Å². The van der Waals surface area contributed by atoms with E-state index < -0.39 is 5.82 Å². The molecule has 0 atom stereocenters. The van der Waals surface area contributed by atoms with Crippen molar-refractivity contribution >= 4 is 12.1 Å². The van der Waals surface area contributed by atoms with Crippen LogP contribution in [-0.2, 0) is 4.79 Å². The zero-order chi connectivity index (χ0) is 12.7. The smallest absolute Gasteiger partial charge is 0.214 e. The van der Waals surface area contributed by atoms with Crippen LogP contribution in [0.25, 0.3) is 0 Å². The highest BCUT2D eigenvalue weighted by Crippen LogP contribution is 2.20. The summed E-state index contributed by atoms with van der Waals surface area (Å²) < 4.78 is 13.1. The van der Waals surface area contributed by atoms with E-state index in [9.17, 15) is 9.18 Å². The van der Waals surface area contributed by atoms with Gasteiger partial charge in [-0.15, -0.1) is 0 Å². The van der Waals surface area contributed by atoms with Crippen LogP contribution in [0.3, 0.4) is 0 Å². The fourth-order valence-corrected chi connectivity index (χ4v) is 1.60. The second-order valence-electron chi connectivity index (χ2n) is 3.78. The largest absolute Gasteiger partial charge is 0.314 e.